The van der Waals surface area contributed by atoms with Crippen LogP contribution in [0.4, 0.5) is 0 Å². The minimum Gasteiger partial charge on any atom is -0.508 e. The molecule has 0 aromatic heterocycles. The molecule has 0 spiro atoms. The van der Waals surface area contributed by atoms with Crippen LogP contribution in [0.2, 0.25) is 0 Å². The molecule has 102 valence electrons. The lowest BCUT2D eigenvalue weighted by molar-refractivity contribution is -0.146. The normalized spacial score (nSPS) is 22.1. The number of carbonyl (C=O) groups excluding carboxylic acids is 1. The number of amides is 1. The van der Waals surface area contributed by atoms with Crippen molar-refractivity contribution < 1.29 is 19.8 Å². The zero-order valence-corrected chi connectivity index (χ0v) is 10.5. The fraction of sp³-hybridized carbons (Fsp3) is 0.429. The van der Waals surface area contributed by atoms with E-state index in [1.165, 1.54) is 0 Å². The zero-order chi connectivity index (χ0) is 13.8. The molecule has 19 heavy (non-hydrogen) atoms. The summed E-state index contributed by atoms with van der Waals surface area (Å²) in [6.07, 6.45) is 2.00. The number of carboxylic acids is 1. The highest BCUT2D eigenvalue weighted by atomic mass is 16.4. The van der Waals surface area contributed by atoms with Crippen molar-refractivity contribution in [2.75, 3.05) is 0 Å². The Bertz CT molecular complexity index is 469. The first-order valence-electron chi connectivity index (χ1n) is 6.36. The molecule has 2 unspecified atom stereocenters. The number of phenols is 1. The van der Waals surface area contributed by atoms with Gasteiger partial charge in [-0.25, -0.2) is 0 Å². The maximum atomic E-state index is 12.0. The largest absolute Gasteiger partial charge is 0.508 e. The Hall–Kier alpha value is -2.04. The zero-order valence-electron chi connectivity index (χ0n) is 10.5. The van der Waals surface area contributed by atoms with Crippen LogP contribution in [0.15, 0.2) is 24.3 Å². The lowest BCUT2D eigenvalue weighted by Crippen LogP contribution is -2.34. The van der Waals surface area contributed by atoms with Gasteiger partial charge in [-0.3, -0.25) is 9.59 Å². The van der Waals surface area contributed by atoms with Gasteiger partial charge in [0.05, 0.1) is 11.8 Å². The summed E-state index contributed by atoms with van der Waals surface area (Å²) >= 11 is 0. The van der Waals surface area contributed by atoms with E-state index in [4.69, 9.17) is 10.2 Å². The molecule has 0 radical (unpaired) electrons. The summed E-state index contributed by atoms with van der Waals surface area (Å²) in [4.78, 5) is 23.0. The lowest BCUT2D eigenvalue weighted by atomic mass is 9.95. The summed E-state index contributed by atoms with van der Waals surface area (Å²) in [6, 6.07) is 6.55. The molecule has 5 nitrogen and oxygen atoms in total. The Morgan fingerprint density at radius 3 is 2.42 bits per heavy atom. The number of hydrogen-bond acceptors (Lipinski definition) is 3. The second-order valence-electron chi connectivity index (χ2n) is 4.87. The van der Waals surface area contributed by atoms with Gasteiger partial charge in [-0.15, -0.1) is 0 Å². The smallest absolute Gasteiger partial charge is 0.307 e. The van der Waals surface area contributed by atoms with Crippen molar-refractivity contribution in [2.45, 2.75) is 25.8 Å². The molecule has 1 fully saturated rings. The molecule has 1 amide bonds. The number of aromatic hydroxyl groups is 1. The summed E-state index contributed by atoms with van der Waals surface area (Å²) in [7, 11) is 0. The van der Waals surface area contributed by atoms with Crippen LogP contribution in [0.1, 0.15) is 24.8 Å². The predicted octanol–water partition coefficient (Wildman–Crippen LogP) is 1.51. The molecule has 3 N–H and O–H groups in total. The first-order valence-corrected chi connectivity index (χ1v) is 6.36. The number of benzene rings is 1. The van der Waals surface area contributed by atoms with Gasteiger partial charge in [-0.1, -0.05) is 18.6 Å². The number of nitrogens with one attached hydrogen (secondary N) is 1. The Morgan fingerprint density at radius 2 is 1.79 bits per heavy atom. The van der Waals surface area contributed by atoms with Gasteiger partial charge in [0, 0.05) is 6.54 Å². The maximum absolute atomic E-state index is 12.0. The van der Waals surface area contributed by atoms with Crippen molar-refractivity contribution >= 4 is 11.9 Å². The van der Waals surface area contributed by atoms with Crippen LogP contribution < -0.4 is 5.32 Å². The van der Waals surface area contributed by atoms with E-state index in [1.807, 2.05) is 0 Å². The summed E-state index contributed by atoms with van der Waals surface area (Å²) in [5.74, 6) is -1.88. The van der Waals surface area contributed by atoms with Crippen molar-refractivity contribution in [3.8, 4) is 5.75 Å². The average Bonchev–Trinajstić information content (AvgIpc) is 2.87. The Kier molecular flexibility index (Phi) is 4.04. The van der Waals surface area contributed by atoms with E-state index < -0.39 is 17.8 Å². The van der Waals surface area contributed by atoms with E-state index in [9.17, 15) is 9.59 Å². The second-order valence-corrected chi connectivity index (χ2v) is 4.87. The van der Waals surface area contributed by atoms with Crippen LogP contribution in [0.25, 0.3) is 0 Å². The molecule has 2 atom stereocenters. The molecule has 1 aromatic carbocycles. The van der Waals surface area contributed by atoms with Crippen molar-refractivity contribution in [2.24, 2.45) is 11.8 Å². The van der Waals surface area contributed by atoms with E-state index in [-0.39, 0.29) is 11.7 Å². The molecule has 2 rings (SSSR count). The second kappa shape index (κ2) is 5.73. The first kappa shape index (κ1) is 13.4. The monoisotopic (exact) mass is 263 g/mol. The van der Waals surface area contributed by atoms with Crippen LogP contribution in [0, 0.1) is 11.8 Å². The van der Waals surface area contributed by atoms with E-state index >= 15 is 0 Å². The topological polar surface area (TPSA) is 86.6 Å². The minimum absolute atomic E-state index is 0.178. The first-order chi connectivity index (χ1) is 9.08. The molecule has 1 aliphatic rings. The van der Waals surface area contributed by atoms with Crippen LogP contribution in [0.5, 0.6) is 5.75 Å². The Morgan fingerprint density at radius 1 is 1.16 bits per heavy atom. The average molecular weight is 263 g/mol. The molecular formula is C14H17NO4. The van der Waals surface area contributed by atoms with Crippen LogP contribution in [0.3, 0.4) is 0 Å². The molecule has 0 bridgehead atoms. The van der Waals surface area contributed by atoms with Crippen LogP contribution in [-0.4, -0.2) is 22.1 Å². The van der Waals surface area contributed by atoms with Gasteiger partial charge in [0.15, 0.2) is 0 Å². The minimum atomic E-state index is -0.887. The van der Waals surface area contributed by atoms with E-state index in [0.717, 1.165) is 12.0 Å². The predicted molar refractivity (Wildman–Crippen MR) is 68.4 cm³/mol. The summed E-state index contributed by atoms with van der Waals surface area (Å²) in [6.45, 7) is 0.349. The molecule has 0 saturated heterocycles. The molecule has 1 saturated carbocycles. The third kappa shape index (κ3) is 3.24. The van der Waals surface area contributed by atoms with Gasteiger partial charge in [0.2, 0.25) is 5.91 Å². The summed E-state index contributed by atoms with van der Waals surface area (Å²) in [5.41, 5.74) is 0.871. The molecule has 5 heteroatoms. The fourth-order valence-corrected chi connectivity index (χ4v) is 2.50. The third-order valence-corrected chi connectivity index (χ3v) is 3.57. The van der Waals surface area contributed by atoms with E-state index in [2.05, 4.69) is 5.32 Å². The number of hydrogen-bond donors (Lipinski definition) is 3. The molecular weight excluding hydrogens is 246 g/mol. The molecule has 0 aliphatic heterocycles. The molecule has 0 heterocycles. The van der Waals surface area contributed by atoms with Crippen molar-refractivity contribution in [1.29, 1.82) is 0 Å². The van der Waals surface area contributed by atoms with E-state index in [0.29, 0.717) is 19.4 Å². The van der Waals surface area contributed by atoms with Gasteiger partial charge < -0.3 is 15.5 Å². The molecule has 1 aromatic rings. The highest BCUT2D eigenvalue weighted by Crippen LogP contribution is 2.32. The van der Waals surface area contributed by atoms with Crippen LogP contribution >= 0.6 is 0 Å². The van der Waals surface area contributed by atoms with Gasteiger partial charge in [-0.2, -0.15) is 0 Å². The third-order valence-electron chi connectivity index (χ3n) is 3.57. The highest BCUT2D eigenvalue weighted by molar-refractivity contribution is 5.85. The van der Waals surface area contributed by atoms with Gasteiger partial charge in [0.25, 0.3) is 0 Å². The fourth-order valence-electron chi connectivity index (χ4n) is 2.50. The molecule has 1 aliphatic carbocycles. The number of carboxylic acid groups (broad SMARTS) is 1. The highest BCUT2D eigenvalue weighted by Gasteiger charge is 2.37. The standard InChI is InChI=1S/C14H17NO4/c16-10-6-4-9(5-7-10)8-15-13(17)11-2-1-3-12(11)14(18)19/h4-7,11-12,16H,1-3,8H2,(H,15,17)(H,18,19). The van der Waals surface area contributed by atoms with Gasteiger partial charge in [-0.05, 0) is 30.5 Å². The number of carbonyl (C=O) groups is 2. The summed E-state index contributed by atoms with van der Waals surface area (Å²) in [5, 5.41) is 21.0. The number of phenolic OH excluding ortho intramolecular Hbond substituents is 1. The Labute approximate surface area is 111 Å². The quantitative estimate of drug-likeness (QED) is 0.768. The van der Waals surface area contributed by atoms with Gasteiger partial charge >= 0.3 is 5.97 Å². The van der Waals surface area contributed by atoms with E-state index in [1.54, 1.807) is 24.3 Å². The number of rotatable bonds is 4. The summed E-state index contributed by atoms with van der Waals surface area (Å²) < 4.78 is 0. The van der Waals surface area contributed by atoms with Crippen LogP contribution in [-0.2, 0) is 16.1 Å². The van der Waals surface area contributed by atoms with Crippen molar-refractivity contribution in [1.82, 2.24) is 5.32 Å². The Balaban J connectivity index is 1.90. The van der Waals surface area contributed by atoms with Crippen molar-refractivity contribution in [3.63, 3.8) is 0 Å². The lowest BCUT2D eigenvalue weighted by Gasteiger charge is -2.15. The van der Waals surface area contributed by atoms with Gasteiger partial charge in [0.1, 0.15) is 5.75 Å². The SMILES string of the molecule is O=C(O)C1CCCC1C(=O)NCc1ccc(O)cc1. The maximum Gasteiger partial charge on any atom is 0.307 e. The number of aliphatic carboxylic acids is 1. The van der Waals surface area contributed by atoms with Crippen molar-refractivity contribution in [3.05, 3.63) is 29.8 Å².